The Morgan fingerprint density at radius 1 is 1.10 bits per heavy atom. The van der Waals surface area contributed by atoms with E-state index < -0.39 is 6.10 Å². The molecule has 0 radical (unpaired) electrons. The topological polar surface area (TPSA) is 68.5 Å². The number of nitrogens with zero attached hydrogens (tertiary/aromatic N) is 3. The second-order valence-corrected chi connectivity index (χ2v) is 7.52. The van der Waals surface area contributed by atoms with Crippen molar-refractivity contribution in [2.45, 2.75) is 46.3 Å². The molecule has 6 heteroatoms. The first-order chi connectivity index (χ1) is 13.8. The van der Waals surface area contributed by atoms with Gasteiger partial charge in [-0.05, 0) is 31.4 Å². The maximum atomic E-state index is 12.8. The Labute approximate surface area is 171 Å². The standard InChI is InChI=1S/C23H27N3O3/c1-15(2)19-8-6-7-9-20(19)28-17(4)23(27)26(5)14-21-24-22(25-29-21)18-12-10-16(3)11-13-18/h6-13,15,17H,14H2,1-5H3. The van der Waals surface area contributed by atoms with Crippen molar-refractivity contribution in [3.05, 3.63) is 65.5 Å². The molecule has 3 rings (SSSR count). The van der Waals surface area contributed by atoms with Gasteiger partial charge < -0.3 is 14.2 Å². The molecule has 0 saturated carbocycles. The molecule has 0 bridgehead atoms. The molecule has 2 aromatic carbocycles. The van der Waals surface area contributed by atoms with Crippen molar-refractivity contribution < 1.29 is 14.1 Å². The summed E-state index contributed by atoms with van der Waals surface area (Å²) in [4.78, 5) is 18.7. The van der Waals surface area contributed by atoms with E-state index >= 15 is 0 Å². The third kappa shape index (κ3) is 5.02. The first-order valence-electron chi connectivity index (χ1n) is 9.75. The quantitative estimate of drug-likeness (QED) is 0.587. The van der Waals surface area contributed by atoms with Crippen molar-refractivity contribution in [2.75, 3.05) is 7.05 Å². The Morgan fingerprint density at radius 2 is 1.79 bits per heavy atom. The number of amides is 1. The van der Waals surface area contributed by atoms with Crippen LogP contribution in [0.5, 0.6) is 5.75 Å². The zero-order chi connectivity index (χ0) is 21.0. The van der Waals surface area contributed by atoms with E-state index in [0.717, 1.165) is 22.4 Å². The Morgan fingerprint density at radius 3 is 2.48 bits per heavy atom. The van der Waals surface area contributed by atoms with Crippen molar-refractivity contribution >= 4 is 5.91 Å². The van der Waals surface area contributed by atoms with Gasteiger partial charge in [-0.1, -0.05) is 67.0 Å². The number of benzene rings is 2. The van der Waals surface area contributed by atoms with E-state index in [-0.39, 0.29) is 12.5 Å². The summed E-state index contributed by atoms with van der Waals surface area (Å²) in [5.74, 6) is 1.78. The van der Waals surface area contributed by atoms with Crippen LogP contribution >= 0.6 is 0 Å². The van der Waals surface area contributed by atoms with E-state index in [2.05, 4.69) is 24.0 Å². The lowest BCUT2D eigenvalue weighted by atomic mass is 10.0. The number of aryl methyl sites for hydroxylation is 1. The molecule has 1 atom stereocenters. The molecule has 1 aromatic heterocycles. The summed E-state index contributed by atoms with van der Waals surface area (Å²) in [5, 5.41) is 4.02. The molecule has 0 aliphatic rings. The normalized spacial score (nSPS) is 12.1. The van der Waals surface area contributed by atoms with E-state index in [0.29, 0.717) is 17.6 Å². The predicted octanol–water partition coefficient (Wildman–Crippen LogP) is 4.59. The minimum absolute atomic E-state index is 0.154. The van der Waals surface area contributed by atoms with Crippen molar-refractivity contribution in [3.63, 3.8) is 0 Å². The van der Waals surface area contributed by atoms with Crippen molar-refractivity contribution in [1.29, 1.82) is 0 Å². The van der Waals surface area contributed by atoms with E-state index in [1.54, 1.807) is 14.0 Å². The molecule has 152 valence electrons. The third-order valence-corrected chi connectivity index (χ3v) is 4.72. The number of rotatable bonds is 7. The van der Waals surface area contributed by atoms with E-state index in [4.69, 9.17) is 9.26 Å². The van der Waals surface area contributed by atoms with Gasteiger partial charge in [-0.2, -0.15) is 4.98 Å². The van der Waals surface area contributed by atoms with E-state index in [9.17, 15) is 4.79 Å². The summed E-state index contributed by atoms with van der Waals surface area (Å²) in [5.41, 5.74) is 3.12. The van der Waals surface area contributed by atoms with Gasteiger partial charge in [0.15, 0.2) is 6.10 Å². The molecular formula is C23H27N3O3. The van der Waals surface area contributed by atoms with Crippen LogP contribution in [0.4, 0.5) is 0 Å². The number of likely N-dealkylation sites (N-methyl/N-ethyl adjacent to an activating group) is 1. The molecule has 0 saturated heterocycles. The summed E-state index contributed by atoms with van der Waals surface area (Å²) >= 11 is 0. The smallest absolute Gasteiger partial charge is 0.263 e. The fourth-order valence-electron chi connectivity index (χ4n) is 3.04. The number of aromatic nitrogens is 2. The number of carbonyl (C=O) groups excluding carboxylic acids is 1. The van der Waals surface area contributed by atoms with Gasteiger partial charge in [-0.3, -0.25) is 4.79 Å². The average Bonchev–Trinajstić information content (AvgIpc) is 3.16. The molecule has 1 heterocycles. The van der Waals surface area contributed by atoms with Crippen molar-refractivity contribution in [1.82, 2.24) is 15.0 Å². The first kappa shape index (κ1) is 20.6. The summed E-state index contributed by atoms with van der Waals surface area (Å²) in [6.45, 7) is 8.19. The number of hydrogen-bond donors (Lipinski definition) is 0. The summed E-state index contributed by atoms with van der Waals surface area (Å²) in [6.07, 6.45) is -0.626. The molecule has 0 N–H and O–H groups in total. The van der Waals surface area contributed by atoms with E-state index in [1.807, 2.05) is 55.5 Å². The highest BCUT2D eigenvalue weighted by Gasteiger charge is 2.22. The van der Waals surface area contributed by atoms with Gasteiger partial charge in [-0.15, -0.1) is 0 Å². The predicted molar refractivity (Wildman–Crippen MR) is 112 cm³/mol. The number of para-hydroxylation sites is 1. The van der Waals surface area contributed by atoms with Gasteiger partial charge in [0, 0.05) is 12.6 Å². The van der Waals surface area contributed by atoms with Gasteiger partial charge in [0.25, 0.3) is 5.91 Å². The molecule has 0 spiro atoms. The minimum atomic E-state index is -0.626. The maximum Gasteiger partial charge on any atom is 0.263 e. The number of ether oxygens (including phenoxy) is 1. The fourth-order valence-corrected chi connectivity index (χ4v) is 3.04. The van der Waals surface area contributed by atoms with Crippen molar-refractivity contribution in [2.24, 2.45) is 0 Å². The molecule has 0 aliphatic carbocycles. The minimum Gasteiger partial charge on any atom is -0.481 e. The van der Waals surface area contributed by atoms with Gasteiger partial charge in [0.05, 0.1) is 6.54 Å². The monoisotopic (exact) mass is 393 g/mol. The Kier molecular flexibility index (Phi) is 6.32. The van der Waals surface area contributed by atoms with Gasteiger partial charge in [0.2, 0.25) is 11.7 Å². The largest absolute Gasteiger partial charge is 0.481 e. The van der Waals surface area contributed by atoms with Crippen LogP contribution in [0.15, 0.2) is 53.1 Å². The zero-order valence-electron chi connectivity index (χ0n) is 17.5. The fraction of sp³-hybridized carbons (Fsp3) is 0.348. The Bertz CT molecular complexity index is 964. The van der Waals surface area contributed by atoms with Crippen LogP contribution in [0.3, 0.4) is 0 Å². The molecule has 1 unspecified atom stereocenters. The molecule has 6 nitrogen and oxygen atoms in total. The Hall–Kier alpha value is -3.15. The van der Waals surface area contributed by atoms with Crippen LogP contribution in [0, 0.1) is 6.92 Å². The van der Waals surface area contributed by atoms with Crippen LogP contribution in [0.1, 0.15) is 43.7 Å². The third-order valence-electron chi connectivity index (χ3n) is 4.72. The van der Waals surface area contributed by atoms with Crippen LogP contribution in [0.2, 0.25) is 0 Å². The molecule has 1 amide bonds. The van der Waals surface area contributed by atoms with Crippen LogP contribution in [0.25, 0.3) is 11.4 Å². The van der Waals surface area contributed by atoms with Gasteiger partial charge in [0.1, 0.15) is 5.75 Å². The van der Waals surface area contributed by atoms with Crippen LogP contribution in [-0.4, -0.2) is 34.1 Å². The van der Waals surface area contributed by atoms with E-state index in [1.165, 1.54) is 4.90 Å². The number of carbonyl (C=O) groups is 1. The molecule has 3 aromatic rings. The second kappa shape index (κ2) is 8.90. The molecule has 29 heavy (non-hydrogen) atoms. The lowest BCUT2D eigenvalue weighted by Crippen LogP contribution is -2.37. The number of hydrogen-bond acceptors (Lipinski definition) is 5. The summed E-state index contributed by atoms with van der Waals surface area (Å²) in [7, 11) is 1.70. The lowest BCUT2D eigenvalue weighted by molar-refractivity contribution is -0.137. The highest BCUT2D eigenvalue weighted by molar-refractivity contribution is 5.80. The lowest BCUT2D eigenvalue weighted by Gasteiger charge is -2.22. The zero-order valence-corrected chi connectivity index (χ0v) is 17.5. The highest BCUT2D eigenvalue weighted by atomic mass is 16.5. The first-order valence-corrected chi connectivity index (χ1v) is 9.75. The molecule has 0 aliphatic heterocycles. The maximum absolute atomic E-state index is 12.8. The SMILES string of the molecule is Cc1ccc(-c2noc(CN(C)C(=O)C(C)Oc3ccccc3C(C)C)n2)cc1. The molecule has 0 fully saturated rings. The second-order valence-electron chi connectivity index (χ2n) is 7.52. The average molecular weight is 393 g/mol. The highest BCUT2D eigenvalue weighted by Crippen LogP contribution is 2.27. The summed E-state index contributed by atoms with van der Waals surface area (Å²) < 4.78 is 11.3. The molecular weight excluding hydrogens is 366 g/mol. The van der Waals surface area contributed by atoms with Crippen LogP contribution in [-0.2, 0) is 11.3 Å². The summed E-state index contributed by atoms with van der Waals surface area (Å²) in [6, 6.07) is 15.7. The Balaban J connectivity index is 1.64. The van der Waals surface area contributed by atoms with Crippen LogP contribution < -0.4 is 4.74 Å². The van der Waals surface area contributed by atoms with Crippen molar-refractivity contribution in [3.8, 4) is 17.1 Å². The van der Waals surface area contributed by atoms with Gasteiger partial charge in [-0.25, -0.2) is 0 Å². The van der Waals surface area contributed by atoms with Gasteiger partial charge >= 0.3 is 0 Å².